The van der Waals surface area contributed by atoms with Gasteiger partial charge in [-0.2, -0.15) is 0 Å². The number of halogens is 4. The Bertz CT molecular complexity index is 1440. The Morgan fingerprint density at radius 2 is 0.933 bits per heavy atom. The molecule has 0 aliphatic heterocycles. The Hall–Kier alpha value is -3.83. The second-order valence-corrected chi connectivity index (χ2v) is 9.64. The number of methoxy groups -OCH3 is 2. The summed E-state index contributed by atoms with van der Waals surface area (Å²) in [4.78, 5) is 27.6. The van der Waals surface area contributed by atoms with Crippen molar-refractivity contribution in [2.45, 2.75) is 13.8 Å². The zero-order valence-electron chi connectivity index (χ0n) is 25.3. The molecule has 0 aromatic heterocycles. The maximum absolute atomic E-state index is 13.9. The van der Waals surface area contributed by atoms with E-state index in [-0.39, 0.29) is 71.2 Å². The number of carbonyl (C=O) groups excluding carboxylic acids is 2. The molecule has 2 amide bonds. The average molecular weight is 656 g/mol. The van der Waals surface area contributed by atoms with Gasteiger partial charge in [-0.1, -0.05) is 35.4 Å². The fourth-order valence-electron chi connectivity index (χ4n) is 4.02. The summed E-state index contributed by atoms with van der Waals surface area (Å²) in [6, 6.07) is 22.4. The number of anilines is 2. The molecule has 0 radical (unpaired) electrons. The molecule has 6 nitrogen and oxygen atoms in total. The van der Waals surface area contributed by atoms with E-state index in [4.69, 9.17) is 9.47 Å². The van der Waals surface area contributed by atoms with Crippen LogP contribution in [0.3, 0.4) is 0 Å². The first kappa shape index (κ1) is 37.4. The van der Waals surface area contributed by atoms with Crippen molar-refractivity contribution in [1.29, 1.82) is 0 Å². The van der Waals surface area contributed by atoms with Crippen LogP contribution < -0.4 is 9.80 Å². The van der Waals surface area contributed by atoms with Crippen molar-refractivity contribution in [3.05, 3.63) is 130 Å². The van der Waals surface area contributed by atoms with Crippen LogP contribution in [0.2, 0.25) is 0 Å². The van der Waals surface area contributed by atoms with Crippen molar-refractivity contribution in [2.24, 2.45) is 0 Å². The summed E-state index contributed by atoms with van der Waals surface area (Å²) in [5, 5.41) is 0. The second-order valence-electron chi connectivity index (χ2n) is 9.64. The van der Waals surface area contributed by atoms with Crippen LogP contribution in [0.15, 0.2) is 72.8 Å². The third kappa shape index (κ3) is 10.6. The van der Waals surface area contributed by atoms with Crippen molar-refractivity contribution in [3.8, 4) is 0 Å². The summed E-state index contributed by atoms with van der Waals surface area (Å²) < 4.78 is 63.8. The molecule has 0 bridgehead atoms. The zero-order chi connectivity index (χ0) is 32.2. The largest absolute Gasteiger partial charge is 2.00 e. The summed E-state index contributed by atoms with van der Waals surface area (Å²) >= 11 is 0. The van der Waals surface area contributed by atoms with E-state index in [0.29, 0.717) is 11.1 Å². The molecule has 0 N–H and O–H groups in total. The first-order valence-electron chi connectivity index (χ1n) is 13.5. The van der Waals surface area contributed by atoms with Crippen molar-refractivity contribution in [3.63, 3.8) is 0 Å². The number of nitrogens with zero attached hydrogens (tertiary/aromatic N) is 2. The van der Waals surface area contributed by atoms with Gasteiger partial charge >= 0.3 is 21.7 Å². The molecule has 0 saturated heterocycles. The van der Waals surface area contributed by atoms with Gasteiger partial charge in [-0.15, -0.1) is 36.4 Å². The Morgan fingerprint density at radius 3 is 1.22 bits per heavy atom. The average Bonchev–Trinajstić information content (AvgIpc) is 3.00. The predicted octanol–water partition coefficient (Wildman–Crippen LogP) is 6.73. The normalized spacial score (nSPS) is 10.3. The van der Waals surface area contributed by atoms with E-state index in [9.17, 15) is 27.2 Å². The summed E-state index contributed by atoms with van der Waals surface area (Å²) in [7, 11) is 2.98. The molecule has 0 aliphatic rings. The topological polar surface area (TPSA) is 59.1 Å². The molecule has 0 atom stereocenters. The molecule has 4 aromatic rings. The Kier molecular flexibility index (Phi) is 15.1. The van der Waals surface area contributed by atoms with E-state index < -0.39 is 23.3 Å². The van der Waals surface area contributed by atoms with Crippen LogP contribution >= 0.6 is 0 Å². The smallest absolute Gasteiger partial charge is 0.383 e. The maximum Gasteiger partial charge on any atom is 2.00 e. The summed E-state index contributed by atoms with van der Waals surface area (Å²) in [5.41, 5.74) is 2.83. The molecule has 0 fully saturated rings. The molecule has 0 unspecified atom stereocenters. The van der Waals surface area contributed by atoms with Crippen molar-refractivity contribution < 1.29 is 58.3 Å². The van der Waals surface area contributed by atoms with Gasteiger partial charge in [-0.05, 0) is 49.5 Å². The van der Waals surface area contributed by atoms with Crippen LogP contribution in [0.1, 0.15) is 31.8 Å². The van der Waals surface area contributed by atoms with Crippen LogP contribution in [-0.4, -0.2) is 52.3 Å². The SMILES string of the molecule is COCCN(C(=O)c1ccc(C)cc1)c1ccc(F)[c-]c1F.COCCN(C(=O)c1ccc(C)cc1)c1ccc(F)[c-]c1F.[Ti+2]. The van der Waals surface area contributed by atoms with Gasteiger partial charge in [0.15, 0.2) is 0 Å². The minimum absolute atomic E-state index is 0. The summed E-state index contributed by atoms with van der Waals surface area (Å²) in [6.45, 7) is 4.58. The Labute approximate surface area is 275 Å². The van der Waals surface area contributed by atoms with E-state index in [2.05, 4.69) is 0 Å². The third-order valence-corrected chi connectivity index (χ3v) is 6.39. The number of aryl methyl sites for hydroxylation is 2. The van der Waals surface area contributed by atoms with Gasteiger partial charge in [0.25, 0.3) is 0 Å². The molecule has 45 heavy (non-hydrogen) atoms. The van der Waals surface area contributed by atoms with Crippen LogP contribution in [0.5, 0.6) is 0 Å². The summed E-state index contributed by atoms with van der Waals surface area (Å²) in [6.07, 6.45) is 0. The Balaban J connectivity index is 0.000000307. The van der Waals surface area contributed by atoms with Gasteiger partial charge in [-0.25, -0.2) is 17.6 Å². The second kappa shape index (κ2) is 18.2. The molecular formula is C34H32F4N2O4Ti. The number of carbonyl (C=O) groups is 2. The van der Waals surface area contributed by atoms with Gasteiger partial charge in [0.1, 0.15) is 0 Å². The van der Waals surface area contributed by atoms with E-state index in [1.54, 1.807) is 48.5 Å². The van der Waals surface area contributed by atoms with Gasteiger partial charge in [-0.3, -0.25) is 9.59 Å². The van der Waals surface area contributed by atoms with Crippen molar-refractivity contribution in [2.75, 3.05) is 50.3 Å². The van der Waals surface area contributed by atoms with Gasteiger partial charge < -0.3 is 19.3 Å². The molecule has 234 valence electrons. The number of hydrogen-bond donors (Lipinski definition) is 0. The summed E-state index contributed by atoms with van der Waals surface area (Å²) in [5.74, 6) is -4.19. The van der Waals surface area contributed by atoms with E-state index in [0.717, 1.165) is 23.3 Å². The number of amides is 2. The van der Waals surface area contributed by atoms with Crippen molar-refractivity contribution in [1.82, 2.24) is 0 Å². The zero-order valence-corrected chi connectivity index (χ0v) is 26.9. The predicted molar refractivity (Wildman–Crippen MR) is 160 cm³/mol. The monoisotopic (exact) mass is 656 g/mol. The molecule has 11 heteroatoms. The molecular weight excluding hydrogens is 624 g/mol. The molecule has 0 aliphatic carbocycles. The van der Waals surface area contributed by atoms with Crippen LogP contribution in [0.4, 0.5) is 28.9 Å². The van der Waals surface area contributed by atoms with Crippen LogP contribution in [-0.2, 0) is 31.2 Å². The first-order valence-corrected chi connectivity index (χ1v) is 13.5. The standard InChI is InChI=1S/2C17H16F2NO2.Ti/c2*1-12-3-5-13(6-4-12)17(21)20(9-10-22-2)16-8-7-14(18)11-15(16)19;/h2*3-8H,9-10H2,1-2H3;/q2*-1;+2. The van der Waals surface area contributed by atoms with Gasteiger partial charge in [0, 0.05) is 61.7 Å². The molecule has 0 heterocycles. The fraction of sp³-hybridized carbons (Fsp3) is 0.235. The quantitative estimate of drug-likeness (QED) is 0.108. The maximum atomic E-state index is 13.9. The van der Waals surface area contributed by atoms with E-state index >= 15 is 0 Å². The van der Waals surface area contributed by atoms with Gasteiger partial charge in [0.05, 0.1) is 13.2 Å². The minimum atomic E-state index is -0.906. The van der Waals surface area contributed by atoms with E-state index in [1.165, 1.54) is 36.2 Å². The van der Waals surface area contributed by atoms with Gasteiger partial charge in [0.2, 0.25) is 11.8 Å². The molecule has 0 saturated carbocycles. The van der Waals surface area contributed by atoms with Crippen LogP contribution in [0.25, 0.3) is 0 Å². The fourth-order valence-corrected chi connectivity index (χ4v) is 4.02. The van der Waals surface area contributed by atoms with Crippen LogP contribution in [0, 0.1) is 49.2 Å². The van der Waals surface area contributed by atoms with E-state index in [1.807, 2.05) is 26.0 Å². The number of ether oxygens (including phenoxy) is 2. The van der Waals surface area contributed by atoms with Crippen molar-refractivity contribution >= 4 is 23.2 Å². The number of rotatable bonds is 10. The minimum Gasteiger partial charge on any atom is -0.383 e. The Morgan fingerprint density at radius 1 is 0.600 bits per heavy atom. The number of benzene rings is 4. The molecule has 4 rings (SSSR count). The number of hydrogen-bond acceptors (Lipinski definition) is 4. The third-order valence-electron chi connectivity index (χ3n) is 6.39. The first-order chi connectivity index (χ1) is 21.0. The molecule has 4 aromatic carbocycles. The molecule has 0 spiro atoms.